The Labute approximate surface area is 323 Å². The van der Waals surface area contributed by atoms with Gasteiger partial charge in [0.05, 0.1) is 23.3 Å². The molecule has 2 nitrogen and oxygen atoms in total. The van der Waals surface area contributed by atoms with E-state index in [4.69, 9.17) is 21.2 Å². The minimum atomic E-state index is -0.867. The van der Waals surface area contributed by atoms with Gasteiger partial charge in [-0.15, -0.1) is 0 Å². The summed E-state index contributed by atoms with van der Waals surface area (Å²) in [5.74, 6) is 0. The standard InChI is InChI=1S/C50H30O2/c1-2-11-31(12-3-1)32-21-23-33(24-22-32)47-37-15-4-6-17-39(37)48(40-18-7-5-16-38(40)47)36-14-10-13-34(29-36)35-25-26-42-46(30-35)52-45-28-27-44-49(50(42)45)41-19-8-9-20-43(41)51-44/h1-30H/i1D,2D,3D,4D,5D,6D,7D,11D,12D,15D,16D,17D,18D,21D,22D,23D,24D. The Morgan fingerprint density at radius 1 is 0.308 bits per heavy atom. The lowest BCUT2D eigenvalue weighted by atomic mass is 9.85. The Hall–Kier alpha value is -6.90. The molecule has 0 fully saturated rings. The van der Waals surface area contributed by atoms with Crippen molar-refractivity contribution < 1.29 is 32.1 Å². The molecule has 0 bridgehead atoms. The van der Waals surface area contributed by atoms with Crippen molar-refractivity contribution in [2.75, 3.05) is 0 Å². The number of rotatable bonds is 4. The highest BCUT2D eigenvalue weighted by atomic mass is 16.3. The van der Waals surface area contributed by atoms with Gasteiger partial charge in [-0.25, -0.2) is 0 Å². The van der Waals surface area contributed by atoms with E-state index in [1.54, 1.807) is 24.3 Å². The predicted octanol–water partition coefficient (Wildman–Crippen LogP) is 14.5. The fourth-order valence-corrected chi connectivity index (χ4v) is 7.22. The maximum Gasteiger partial charge on any atom is 0.136 e. The van der Waals surface area contributed by atoms with Crippen LogP contribution < -0.4 is 0 Å². The second-order valence-corrected chi connectivity index (χ2v) is 12.3. The van der Waals surface area contributed by atoms with Gasteiger partial charge in [0.1, 0.15) is 22.3 Å². The van der Waals surface area contributed by atoms with Crippen LogP contribution >= 0.6 is 0 Å². The van der Waals surface area contributed by atoms with Crippen molar-refractivity contribution in [2.24, 2.45) is 0 Å². The molecule has 0 spiro atoms. The highest BCUT2D eigenvalue weighted by molar-refractivity contribution is 6.26. The van der Waals surface area contributed by atoms with Crippen molar-refractivity contribution in [3.8, 4) is 44.5 Å². The highest BCUT2D eigenvalue weighted by Crippen LogP contribution is 2.45. The predicted molar refractivity (Wildman–Crippen MR) is 218 cm³/mol. The molecule has 52 heavy (non-hydrogen) atoms. The zero-order valence-corrected chi connectivity index (χ0v) is 26.8. The second kappa shape index (κ2) is 11.3. The topological polar surface area (TPSA) is 26.3 Å². The quantitative estimate of drug-likeness (QED) is 0.173. The first-order valence-electron chi connectivity index (χ1n) is 24.9. The third-order valence-electron chi connectivity index (χ3n) is 9.46. The van der Waals surface area contributed by atoms with Crippen LogP contribution in [0.4, 0.5) is 0 Å². The Balaban J connectivity index is 1.22. The number of hydrogen-bond donors (Lipinski definition) is 0. The van der Waals surface area contributed by atoms with E-state index in [0.29, 0.717) is 27.9 Å². The smallest absolute Gasteiger partial charge is 0.136 e. The van der Waals surface area contributed by atoms with E-state index in [2.05, 4.69) is 0 Å². The molecule has 0 N–H and O–H groups in total. The van der Waals surface area contributed by atoms with Gasteiger partial charge in [-0.2, -0.15) is 0 Å². The van der Waals surface area contributed by atoms with E-state index in [1.165, 1.54) is 0 Å². The fraction of sp³-hybridized carbons (Fsp3) is 0. The van der Waals surface area contributed by atoms with E-state index in [-0.39, 0.29) is 32.7 Å². The van der Waals surface area contributed by atoms with Gasteiger partial charge in [0.25, 0.3) is 0 Å². The first-order valence-corrected chi connectivity index (χ1v) is 16.4. The van der Waals surface area contributed by atoms with Crippen LogP contribution in [0.3, 0.4) is 0 Å². The summed E-state index contributed by atoms with van der Waals surface area (Å²) in [6, 6.07) is 11.1. The van der Waals surface area contributed by atoms with Crippen molar-refractivity contribution in [3.63, 3.8) is 0 Å². The van der Waals surface area contributed by atoms with Crippen LogP contribution in [0.2, 0.25) is 0 Å². The summed E-state index contributed by atoms with van der Waals surface area (Å²) < 4.78 is 164. The van der Waals surface area contributed by atoms with E-state index in [1.807, 2.05) is 54.6 Å². The molecule has 0 atom stereocenters. The monoisotopic (exact) mass is 679 g/mol. The molecule has 0 saturated heterocycles. The lowest BCUT2D eigenvalue weighted by Crippen LogP contribution is -1.91. The molecular formula is C50H30O2. The minimum Gasteiger partial charge on any atom is -0.456 e. The average Bonchev–Trinajstić information content (AvgIpc) is 3.92. The zero-order valence-electron chi connectivity index (χ0n) is 43.8. The van der Waals surface area contributed by atoms with Gasteiger partial charge in [0, 0.05) is 21.5 Å². The maximum atomic E-state index is 9.41. The SMILES string of the molecule is [2H]c1c([2H])c([2H])c(-c2c([2H])c([2H])c(-c3c4c([2H])c([2H])c([2H])c([2H])c4c(-c4cccc(-c5ccc6c(c5)oc5ccc7oc8ccccc8c7c56)c4)c4c([2H])c([2H])c([2H])c([2H])c34)c([2H])c2[2H])c([2H])c1[2H]. The third kappa shape index (κ3) is 4.38. The summed E-state index contributed by atoms with van der Waals surface area (Å²) in [5, 5.41) is 2.35. The first-order chi connectivity index (χ1) is 32.8. The summed E-state index contributed by atoms with van der Waals surface area (Å²) in [5.41, 5.74) is 1.87. The summed E-state index contributed by atoms with van der Waals surface area (Å²) in [6.07, 6.45) is 0. The maximum absolute atomic E-state index is 9.41. The van der Waals surface area contributed by atoms with Gasteiger partial charge >= 0.3 is 0 Å². The number of fused-ring (bicyclic) bond motifs is 9. The molecule has 2 heterocycles. The van der Waals surface area contributed by atoms with Gasteiger partial charge in [-0.3, -0.25) is 0 Å². The minimum absolute atomic E-state index is 0.0188. The fourth-order valence-electron chi connectivity index (χ4n) is 7.22. The molecule has 0 aliphatic carbocycles. The summed E-state index contributed by atoms with van der Waals surface area (Å²) in [7, 11) is 0. The molecule has 2 aromatic heterocycles. The van der Waals surface area contributed by atoms with E-state index in [9.17, 15) is 11.0 Å². The summed E-state index contributed by atoms with van der Waals surface area (Å²) >= 11 is 0. The Bertz CT molecular complexity index is 4030. The molecule has 0 aliphatic heterocycles. The molecule has 0 aliphatic rings. The van der Waals surface area contributed by atoms with Crippen LogP contribution in [0.1, 0.15) is 23.3 Å². The molecule has 11 aromatic rings. The molecule has 0 amide bonds. The third-order valence-corrected chi connectivity index (χ3v) is 9.46. The largest absolute Gasteiger partial charge is 0.456 e. The van der Waals surface area contributed by atoms with Crippen molar-refractivity contribution >= 4 is 65.4 Å². The molecule has 9 aromatic carbocycles. The van der Waals surface area contributed by atoms with Crippen LogP contribution in [0.15, 0.2) is 190 Å². The summed E-state index contributed by atoms with van der Waals surface area (Å²) in [6.45, 7) is 0. The lowest BCUT2D eigenvalue weighted by molar-refractivity contribution is 0.663. The zero-order chi connectivity index (χ0) is 49.0. The average molecular weight is 680 g/mol. The van der Waals surface area contributed by atoms with Gasteiger partial charge in [-0.05, 0) is 102 Å². The molecular weight excluding hydrogens is 633 g/mol. The van der Waals surface area contributed by atoms with Gasteiger partial charge in [0.15, 0.2) is 0 Å². The van der Waals surface area contributed by atoms with Crippen LogP contribution in [0.5, 0.6) is 0 Å². The molecule has 2 heteroatoms. The van der Waals surface area contributed by atoms with Gasteiger partial charge in [-0.1, -0.05) is 145 Å². The molecule has 0 radical (unpaired) electrons. The highest BCUT2D eigenvalue weighted by Gasteiger charge is 2.19. The van der Waals surface area contributed by atoms with E-state index < -0.39 is 125 Å². The molecule has 0 saturated carbocycles. The van der Waals surface area contributed by atoms with Crippen molar-refractivity contribution in [3.05, 3.63) is 182 Å². The van der Waals surface area contributed by atoms with Crippen LogP contribution in [-0.4, -0.2) is 0 Å². The Morgan fingerprint density at radius 2 is 0.827 bits per heavy atom. The van der Waals surface area contributed by atoms with E-state index in [0.717, 1.165) is 27.1 Å². The Kier molecular flexibility index (Phi) is 3.67. The lowest BCUT2D eigenvalue weighted by Gasteiger charge is -2.18. The number of furan rings is 2. The van der Waals surface area contributed by atoms with Crippen molar-refractivity contribution in [1.29, 1.82) is 0 Å². The van der Waals surface area contributed by atoms with Gasteiger partial charge < -0.3 is 8.83 Å². The second-order valence-electron chi connectivity index (χ2n) is 12.3. The van der Waals surface area contributed by atoms with Crippen LogP contribution in [-0.2, 0) is 0 Å². The van der Waals surface area contributed by atoms with Crippen LogP contribution in [0, 0.1) is 0 Å². The van der Waals surface area contributed by atoms with Crippen molar-refractivity contribution in [1.82, 2.24) is 0 Å². The molecule has 242 valence electrons. The van der Waals surface area contributed by atoms with Gasteiger partial charge in [0.2, 0.25) is 0 Å². The first kappa shape index (κ1) is 16.9. The Morgan fingerprint density at radius 3 is 1.52 bits per heavy atom. The van der Waals surface area contributed by atoms with Crippen LogP contribution in [0.25, 0.3) is 110 Å². The molecule has 0 unspecified atom stereocenters. The van der Waals surface area contributed by atoms with E-state index >= 15 is 0 Å². The number of hydrogen-bond acceptors (Lipinski definition) is 2. The molecule has 11 rings (SSSR count). The van der Waals surface area contributed by atoms with Crippen molar-refractivity contribution in [2.45, 2.75) is 0 Å². The summed E-state index contributed by atoms with van der Waals surface area (Å²) in [4.78, 5) is 0. The normalized spacial score (nSPS) is 16.4. The number of para-hydroxylation sites is 1. The number of benzene rings is 9.